The summed E-state index contributed by atoms with van der Waals surface area (Å²) in [7, 11) is 0. The van der Waals surface area contributed by atoms with Gasteiger partial charge in [0, 0.05) is 17.8 Å². The van der Waals surface area contributed by atoms with Gasteiger partial charge in [-0.1, -0.05) is 51.2 Å². The molecule has 0 amide bonds. The van der Waals surface area contributed by atoms with Gasteiger partial charge >= 0.3 is 17.6 Å². The monoisotopic (exact) mass is 467 g/mol. The fourth-order valence-corrected chi connectivity index (χ4v) is 4.09. The Hall–Kier alpha value is -3.79. The second-order valence-corrected chi connectivity index (χ2v) is 9.09. The third-order valence-corrected chi connectivity index (χ3v) is 5.92. The zero-order valence-electron chi connectivity index (χ0n) is 18.4. The number of hydrogen-bond donors (Lipinski definition) is 0. The normalized spacial score (nSPS) is 11.5. The Kier molecular flexibility index (Phi) is 5.86. The van der Waals surface area contributed by atoms with Crippen LogP contribution in [0.1, 0.15) is 27.7 Å². The molecular formula is C23H21N3O6S. The third-order valence-electron chi connectivity index (χ3n) is 4.88. The molecule has 0 aliphatic heterocycles. The van der Waals surface area contributed by atoms with Gasteiger partial charge in [0.05, 0.1) is 32.7 Å². The molecule has 10 heteroatoms. The lowest BCUT2D eigenvalue weighted by Crippen LogP contribution is -2.19. The number of carbonyl (C=O) groups is 2. The molecule has 0 bridgehead atoms. The molecule has 0 N–H and O–H groups in total. The lowest BCUT2D eigenvalue weighted by molar-refractivity contribution is -0.385. The van der Waals surface area contributed by atoms with Crippen LogP contribution in [0.4, 0.5) is 5.69 Å². The van der Waals surface area contributed by atoms with Gasteiger partial charge in [0.25, 0.3) is 5.75 Å². The largest absolute Gasteiger partial charge is 0.422 e. The molecule has 0 unspecified atom stereocenters. The van der Waals surface area contributed by atoms with E-state index >= 15 is 0 Å². The smallest absolute Gasteiger partial charge is 0.316 e. The SMILES string of the molecule is CC(C)C(=O)Oc1cc(-c2cn3c(n2)sc2ccccc23)cc([N+](=O)[O-])c1OC(=O)C(C)C. The first-order valence-electron chi connectivity index (χ1n) is 10.3. The summed E-state index contributed by atoms with van der Waals surface area (Å²) >= 11 is 1.48. The van der Waals surface area contributed by atoms with Crippen LogP contribution in [-0.4, -0.2) is 26.2 Å². The summed E-state index contributed by atoms with van der Waals surface area (Å²) in [6.07, 6.45) is 1.76. The Balaban J connectivity index is 1.88. The molecule has 2 aromatic carbocycles. The number of nitro benzene ring substituents is 1. The van der Waals surface area contributed by atoms with Gasteiger partial charge in [0.1, 0.15) is 0 Å². The van der Waals surface area contributed by atoms with Gasteiger partial charge in [-0.3, -0.25) is 24.1 Å². The highest BCUT2D eigenvalue weighted by molar-refractivity contribution is 7.23. The molecule has 170 valence electrons. The maximum Gasteiger partial charge on any atom is 0.316 e. The number of hydrogen-bond acceptors (Lipinski definition) is 8. The Labute approximate surface area is 192 Å². The lowest BCUT2D eigenvalue weighted by atomic mass is 10.1. The van der Waals surface area contributed by atoms with Crippen LogP contribution >= 0.6 is 11.3 Å². The van der Waals surface area contributed by atoms with E-state index in [2.05, 4.69) is 4.98 Å². The minimum atomic E-state index is -0.679. The maximum absolute atomic E-state index is 12.3. The van der Waals surface area contributed by atoms with Gasteiger partial charge in [-0.15, -0.1) is 0 Å². The van der Waals surface area contributed by atoms with Crippen molar-refractivity contribution in [2.45, 2.75) is 27.7 Å². The van der Waals surface area contributed by atoms with Crippen molar-refractivity contribution in [1.82, 2.24) is 9.38 Å². The van der Waals surface area contributed by atoms with Crippen molar-refractivity contribution in [2.24, 2.45) is 11.8 Å². The van der Waals surface area contributed by atoms with E-state index in [1.54, 1.807) is 33.9 Å². The van der Waals surface area contributed by atoms with Crippen molar-refractivity contribution in [2.75, 3.05) is 0 Å². The summed E-state index contributed by atoms with van der Waals surface area (Å²) in [6.45, 7) is 6.47. The number of nitro groups is 1. The van der Waals surface area contributed by atoms with E-state index in [1.165, 1.54) is 23.5 Å². The number of imidazole rings is 1. The Morgan fingerprint density at radius 1 is 1.06 bits per heavy atom. The number of para-hydroxylation sites is 1. The van der Waals surface area contributed by atoms with Crippen LogP contribution in [0.25, 0.3) is 26.4 Å². The average Bonchev–Trinajstić information content (AvgIpc) is 3.32. The predicted octanol–water partition coefficient (Wildman–Crippen LogP) is 5.25. The van der Waals surface area contributed by atoms with Crippen molar-refractivity contribution >= 4 is 44.1 Å². The molecule has 2 heterocycles. The Morgan fingerprint density at radius 2 is 1.73 bits per heavy atom. The van der Waals surface area contributed by atoms with Crippen LogP contribution in [0, 0.1) is 22.0 Å². The van der Waals surface area contributed by atoms with E-state index in [0.717, 1.165) is 10.2 Å². The van der Waals surface area contributed by atoms with E-state index in [1.807, 2.05) is 28.7 Å². The van der Waals surface area contributed by atoms with Crippen LogP contribution in [0.5, 0.6) is 11.5 Å². The molecule has 0 fully saturated rings. The highest BCUT2D eigenvalue weighted by Crippen LogP contribution is 2.42. The van der Waals surface area contributed by atoms with Crippen molar-refractivity contribution in [3.05, 3.63) is 52.7 Å². The zero-order chi connectivity index (χ0) is 23.9. The second-order valence-electron chi connectivity index (χ2n) is 8.08. The number of ether oxygens (including phenoxy) is 2. The van der Waals surface area contributed by atoms with Crippen LogP contribution in [-0.2, 0) is 9.59 Å². The zero-order valence-corrected chi connectivity index (χ0v) is 19.2. The van der Waals surface area contributed by atoms with Gasteiger partial charge in [-0.05, 0) is 18.2 Å². The molecule has 0 saturated carbocycles. The summed E-state index contributed by atoms with van der Waals surface area (Å²) in [4.78, 5) is 41.1. The van der Waals surface area contributed by atoms with E-state index in [-0.39, 0.29) is 5.75 Å². The molecule has 0 aliphatic carbocycles. The quantitative estimate of drug-likeness (QED) is 0.165. The number of thiazole rings is 1. The molecule has 4 aromatic rings. The minimum Gasteiger partial charge on any atom is -0.422 e. The van der Waals surface area contributed by atoms with Gasteiger partial charge in [0.2, 0.25) is 0 Å². The highest BCUT2D eigenvalue weighted by Gasteiger charge is 2.29. The summed E-state index contributed by atoms with van der Waals surface area (Å²) in [5.74, 6) is -2.92. The first-order chi connectivity index (χ1) is 15.7. The molecule has 4 rings (SSSR count). The minimum absolute atomic E-state index is 0.201. The van der Waals surface area contributed by atoms with E-state index in [0.29, 0.717) is 16.2 Å². The van der Waals surface area contributed by atoms with Gasteiger partial charge in [-0.2, -0.15) is 0 Å². The fourth-order valence-electron chi connectivity index (χ4n) is 3.08. The molecule has 9 nitrogen and oxygen atoms in total. The van der Waals surface area contributed by atoms with Gasteiger partial charge in [-0.25, -0.2) is 4.98 Å². The van der Waals surface area contributed by atoms with Crippen LogP contribution in [0.3, 0.4) is 0 Å². The standard InChI is InChI=1S/C23H21N3O6S/c1-12(2)21(27)31-18-10-14(9-17(26(29)30)20(18)32-22(28)13(3)4)15-11-25-16-7-5-6-8-19(16)33-23(25)24-15/h5-13H,1-4H3. The van der Waals surface area contributed by atoms with Crippen molar-refractivity contribution < 1.29 is 24.0 Å². The molecule has 2 aromatic heterocycles. The number of aromatic nitrogens is 2. The molecule has 33 heavy (non-hydrogen) atoms. The van der Waals surface area contributed by atoms with Gasteiger partial charge < -0.3 is 9.47 Å². The number of rotatable bonds is 6. The summed E-state index contributed by atoms with van der Waals surface area (Å²) < 4.78 is 13.7. The predicted molar refractivity (Wildman–Crippen MR) is 124 cm³/mol. The van der Waals surface area contributed by atoms with Crippen LogP contribution in [0.15, 0.2) is 42.6 Å². The number of carbonyl (C=O) groups excluding carboxylic acids is 2. The van der Waals surface area contributed by atoms with Crippen molar-refractivity contribution in [1.29, 1.82) is 0 Å². The highest BCUT2D eigenvalue weighted by atomic mass is 32.1. The fraction of sp³-hybridized carbons (Fsp3) is 0.261. The van der Waals surface area contributed by atoms with Gasteiger partial charge in [0.15, 0.2) is 10.7 Å². The lowest BCUT2D eigenvalue weighted by Gasteiger charge is -2.14. The average molecular weight is 468 g/mol. The summed E-state index contributed by atoms with van der Waals surface area (Å²) in [5.41, 5.74) is 1.28. The van der Waals surface area contributed by atoms with E-state index in [9.17, 15) is 19.7 Å². The van der Waals surface area contributed by atoms with E-state index < -0.39 is 40.1 Å². The number of esters is 2. The second kappa shape index (κ2) is 8.62. The van der Waals surface area contributed by atoms with E-state index in [4.69, 9.17) is 9.47 Å². The third kappa shape index (κ3) is 4.29. The van der Waals surface area contributed by atoms with Crippen LogP contribution < -0.4 is 9.47 Å². The molecule has 0 atom stereocenters. The Bertz CT molecular complexity index is 1400. The van der Waals surface area contributed by atoms with Crippen molar-refractivity contribution in [3.8, 4) is 22.8 Å². The molecule has 0 radical (unpaired) electrons. The Morgan fingerprint density at radius 3 is 2.39 bits per heavy atom. The van der Waals surface area contributed by atoms with Crippen molar-refractivity contribution in [3.63, 3.8) is 0 Å². The first-order valence-corrected chi connectivity index (χ1v) is 11.1. The summed E-state index contributed by atoms with van der Waals surface area (Å²) in [5, 5.41) is 11.9. The first kappa shape index (κ1) is 22.4. The molecule has 0 spiro atoms. The topological polar surface area (TPSA) is 113 Å². The number of benzene rings is 2. The molecule has 0 aliphatic rings. The summed E-state index contributed by atoms with van der Waals surface area (Å²) in [6, 6.07) is 10.5. The van der Waals surface area contributed by atoms with Crippen LogP contribution in [0.2, 0.25) is 0 Å². The molecule has 0 saturated heterocycles. The number of nitrogens with zero attached hydrogens (tertiary/aromatic N) is 3. The maximum atomic E-state index is 12.3. The molecular weight excluding hydrogens is 446 g/mol. The number of fused-ring (bicyclic) bond motifs is 3.